The molecule has 118 valence electrons. The molecule has 1 aliphatic rings. The van der Waals surface area contributed by atoms with Crippen molar-refractivity contribution in [2.75, 3.05) is 46.4 Å². The van der Waals surface area contributed by atoms with Gasteiger partial charge in [-0.1, -0.05) is 30.3 Å². The Bertz CT molecular complexity index is 393. The van der Waals surface area contributed by atoms with Gasteiger partial charge >= 0.3 is 0 Å². The third-order valence-electron chi connectivity index (χ3n) is 3.97. The van der Waals surface area contributed by atoms with Gasteiger partial charge in [-0.15, -0.1) is 0 Å². The summed E-state index contributed by atoms with van der Waals surface area (Å²) in [6, 6.07) is 11.1. The summed E-state index contributed by atoms with van der Waals surface area (Å²) < 4.78 is 11.4. The van der Waals surface area contributed by atoms with E-state index in [1.54, 1.807) is 0 Å². The van der Waals surface area contributed by atoms with Gasteiger partial charge < -0.3 is 14.4 Å². The van der Waals surface area contributed by atoms with E-state index in [1.807, 2.05) is 13.8 Å². The lowest BCUT2D eigenvalue weighted by Gasteiger charge is -2.41. The van der Waals surface area contributed by atoms with E-state index in [0.29, 0.717) is 19.3 Å². The van der Waals surface area contributed by atoms with E-state index in [0.717, 1.165) is 26.2 Å². The van der Waals surface area contributed by atoms with Crippen LogP contribution >= 0.6 is 0 Å². The van der Waals surface area contributed by atoms with Gasteiger partial charge in [-0.2, -0.15) is 0 Å². The number of benzene rings is 1. The number of likely N-dealkylation sites (N-methyl/N-ethyl adjacent to an activating group) is 1. The molecule has 1 atom stereocenters. The molecule has 1 aromatic carbocycles. The second-order valence-electron chi connectivity index (χ2n) is 5.52. The van der Waals surface area contributed by atoms with E-state index in [4.69, 9.17) is 9.47 Å². The van der Waals surface area contributed by atoms with Crippen LogP contribution in [-0.4, -0.2) is 62.5 Å². The summed E-state index contributed by atoms with van der Waals surface area (Å²) in [7, 11) is 2.19. The van der Waals surface area contributed by atoms with Gasteiger partial charge in [-0.05, 0) is 26.5 Å². The molecule has 1 unspecified atom stereocenters. The van der Waals surface area contributed by atoms with Crippen molar-refractivity contribution in [2.45, 2.75) is 26.2 Å². The summed E-state index contributed by atoms with van der Waals surface area (Å²) >= 11 is 0. The SMILES string of the molecule is CCOC(CN1CCN(C)CC1c1ccccc1)OCC. The van der Waals surface area contributed by atoms with Crippen LogP contribution in [0.1, 0.15) is 25.5 Å². The zero-order valence-electron chi connectivity index (χ0n) is 13.5. The minimum Gasteiger partial charge on any atom is -0.352 e. The van der Waals surface area contributed by atoms with Gasteiger partial charge in [-0.3, -0.25) is 4.90 Å². The molecule has 1 aliphatic heterocycles. The lowest BCUT2D eigenvalue weighted by Crippen LogP contribution is -2.49. The van der Waals surface area contributed by atoms with Crippen LogP contribution in [0.4, 0.5) is 0 Å². The predicted octanol–water partition coefficient (Wildman–Crippen LogP) is 2.37. The van der Waals surface area contributed by atoms with Crippen LogP contribution in [0.25, 0.3) is 0 Å². The molecule has 1 heterocycles. The van der Waals surface area contributed by atoms with E-state index in [9.17, 15) is 0 Å². The largest absolute Gasteiger partial charge is 0.352 e. The molecular formula is C17H28N2O2. The van der Waals surface area contributed by atoms with Crippen molar-refractivity contribution >= 4 is 0 Å². The summed E-state index contributed by atoms with van der Waals surface area (Å²) in [6.45, 7) is 9.43. The molecule has 0 aromatic heterocycles. The minimum atomic E-state index is -0.130. The predicted molar refractivity (Wildman–Crippen MR) is 85.3 cm³/mol. The molecule has 2 rings (SSSR count). The first-order valence-corrected chi connectivity index (χ1v) is 7.95. The smallest absolute Gasteiger partial charge is 0.170 e. The highest BCUT2D eigenvalue weighted by molar-refractivity contribution is 5.20. The maximum absolute atomic E-state index is 5.72. The van der Waals surface area contributed by atoms with Crippen molar-refractivity contribution in [3.63, 3.8) is 0 Å². The monoisotopic (exact) mass is 292 g/mol. The Kier molecular flexibility index (Phi) is 6.64. The Morgan fingerprint density at radius 3 is 2.38 bits per heavy atom. The third kappa shape index (κ3) is 4.78. The second-order valence-corrected chi connectivity index (χ2v) is 5.52. The van der Waals surface area contributed by atoms with Gasteiger partial charge in [0.25, 0.3) is 0 Å². The molecule has 0 aliphatic carbocycles. The van der Waals surface area contributed by atoms with Crippen LogP contribution in [0.3, 0.4) is 0 Å². The molecule has 0 bridgehead atoms. The molecular weight excluding hydrogens is 264 g/mol. The summed E-state index contributed by atoms with van der Waals surface area (Å²) in [5.41, 5.74) is 1.37. The molecule has 0 amide bonds. The van der Waals surface area contributed by atoms with Crippen LogP contribution in [0.2, 0.25) is 0 Å². The molecule has 0 spiro atoms. The maximum atomic E-state index is 5.72. The van der Waals surface area contributed by atoms with Gasteiger partial charge in [0.1, 0.15) is 0 Å². The second kappa shape index (κ2) is 8.49. The quantitative estimate of drug-likeness (QED) is 0.720. The van der Waals surface area contributed by atoms with E-state index < -0.39 is 0 Å². The van der Waals surface area contributed by atoms with Gasteiger partial charge in [0.2, 0.25) is 0 Å². The van der Waals surface area contributed by atoms with E-state index in [-0.39, 0.29) is 6.29 Å². The Morgan fingerprint density at radius 2 is 1.76 bits per heavy atom. The molecule has 4 heteroatoms. The fourth-order valence-electron chi connectivity index (χ4n) is 2.88. The lowest BCUT2D eigenvalue weighted by atomic mass is 10.0. The van der Waals surface area contributed by atoms with Gasteiger partial charge in [0.05, 0.1) is 6.54 Å². The van der Waals surface area contributed by atoms with Crippen molar-refractivity contribution in [1.82, 2.24) is 9.80 Å². The van der Waals surface area contributed by atoms with Gasteiger partial charge in [0.15, 0.2) is 6.29 Å². The Morgan fingerprint density at radius 1 is 1.10 bits per heavy atom. The molecule has 4 nitrogen and oxygen atoms in total. The number of piperazine rings is 1. The fourth-order valence-corrected chi connectivity index (χ4v) is 2.88. The normalized spacial score (nSPS) is 21.0. The summed E-state index contributed by atoms with van der Waals surface area (Å²) in [4.78, 5) is 4.88. The number of hydrogen-bond donors (Lipinski definition) is 0. The van der Waals surface area contributed by atoms with Gasteiger partial charge in [-0.25, -0.2) is 0 Å². The molecule has 0 radical (unpaired) electrons. The third-order valence-corrected chi connectivity index (χ3v) is 3.97. The molecule has 1 aromatic rings. The summed E-state index contributed by atoms with van der Waals surface area (Å²) in [5, 5.41) is 0. The number of hydrogen-bond acceptors (Lipinski definition) is 4. The fraction of sp³-hybridized carbons (Fsp3) is 0.647. The van der Waals surface area contributed by atoms with E-state index in [1.165, 1.54) is 5.56 Å². The molecule has 21 heavy (non-hydrogen) atoms. The van der Waals surface area contributed by atoms with Crippen molar-refractivity contribution < 1.29 is 9.47 Å². The Labute approximate surface area is 128 Å². The van der Waals surface area contributed by atoms with E-state index >= 15 is 0 Å². The standard InChI is InChI=1S/C17H28N2O2/c1-4-20-17(21-5-2)14-19-12-11-18(3)13-16(19)15-9-7-6-8-10-15/h6-10,16-17H,4-5,11-14H2,1-3H3. The first-order chi connectivity index (χ1) is 10.2. The first-order valence-electron chi connectivity index (χ1n) is 7.95. The number of rotatable bonds is 7. The zero-order chi connectivity index (χ0) is 15.1. The van der Waals surface area contributed by atoms with Crippen LogP contribution in [0.15, 0.2) is 30.3 Å². The highest BCUT2D eigenvalue weighted by Gasteiger charge is 2.28. The lowest BCUT2D eigenvalue weighted by molar-refractivity contribution is -0.154. The van der Waals surface area contributed by atoms with Crippen molar-refractivity contribution in [3.8, 4) is 0 Å². The number of ether oxygens (including phenoxy) is 2. The molecule has 1 fully saturated rings. The zero-order valence-corrected chi connectivity index (χ0v) is 13.5. The van der Waals surface area contributed by atoms with Crippen molar-refractivity contribution in [3.05, 3.63) is 35.9 Å². The van der Waals surface area contributed by atoms with Crippen molar-refractivity contribution in [2.24, 2.45) is 0 Å². The average molecular weight is 292 g/mol. The molecule has 1 saturated heterocycles. The van der Waals surface area contributed by atoms with Crippen molar-refractivity contribution in [1.29, 1.82) is 0 Å². The molecule has 0 N–H and O–H groups in total. The molecule has 0 saturated carbocycles. The summed E-state index contributed by atoms with van der Waals surface area (Å²) in [6.07, 6.45) is -0.130. The number of nitrogens with zero attached hydrogens (tertiary/aromatic N) is 2. The minimum absolute atomic E-state index is 0.130. The van der Waals surface area contributed by atoms with Crippen LogP contribution in [-0.2, 0) is 9.47 Å². The Balaban J connectivity index is 2.07. The topological polar surface area (TPSA) is 24.9 Å². The van der Waals surface area contributed by atoms with Crippen LogP contribution in [0, 0.1) is 0 Å². The highest BCUT2D eigenvalue weighted by atomic mass is 16.7. The average Bonchev–Trinajstić information content (AvgIpc) is 2.50. The van der Waals surface area contributed by atoms with Crippen LogP contribution < -0.4 is 0 Å². The Hall–Kier alpha value is -0.940. The van der Waals surface area contributed by atoms with Gasteiger partial charge in [0, 0.05) is 38.9 Å². The highest BCUT2D eigenvalue weighted by Crippen LogP contribution is 2.25. The summed E-state index contributed by atoms with van der Waals surface area (Å²) in [5.74, 6) is 0. The van der Waals surface area contributed by atoms with Crippen LogP contribution in [0.5, 0.6) is 0 Å². The first kappa shape index (κ1) is 16.4. The van der Waals surface area contributed by atoms with E-state index in [2.05, 4.69) is 47.2 Å². The maximum Gasteiger partial charge on any atom is 0.170 e.